The van der Waals surface area contributed by atoms with Crippen molar-refractivity contribution in [3.05, 3.63) is 17.7 Å². The van der Waals surface area contributed by atoms with E-state index < -0.39 is 5.97 Å². The number of carbonyl (C=O) groups is 1. The molecule has 0 aliphatic heterocycles. The summed E-state index contributed by atoms with van der Waals surface area (Å²) in [6.07, 6.45) is 10.8. The minimum absolute atomic E-state index is 0.213. The normalized spacial score (nSPS) is 38.3. The van der Waals surface area contributed by atoms with E-state index >= 15 is 0 Å². The highest BCUT2D eigenvalue weighted by Crippen LogP contribution is 2.57. The predicted molar refractivity (Wildman–Crippen MR) is 74.4 cm³/mol. The molecule has 4 nitrogen and oxygen atoms in total. The number of carboxylic acid groups (broad SMARTS) is 1. The molecule has 0 radical (unpaired) electrons. The minimum atomic E-state index is -0.918. The lowest BCUT2D eigenvalue weighted by atomic mass is 9.51. The van der Waals surface area contributed by atoms with Crippen molar-refractivity contribution in [2.75, 3.05) is 0 Å². The number of H-pyrrole nitrogens is 1. The molecule has 4 heteroatoms. The van der Waals surface area contributed by atoms with Crippen LogP contribution in [-0.2, 0) is 6.42 Å². The maximum atomic E-state index is 10.8. The maximum Gasteiger partial charge on any atom is 0.353 e. The largest absolute Gasteiger partial charge is 0.477 e. The second-order valence-electron chi connectivity index (χ2n) is 7.18. The van der Waals surface area contributed by atoms with Gasteiger partial charge in [-0.25, -0.2) is 9.78 Å². The summed E-state index contributed by atoms with van der Waals surface area (Å²) in [4.78, 5) is 18.0. The van der Waals surface area contributed by atoms with Crippen molar-refractivity contribution in [3.8, 4) is 0 Å². The topological polar surface area (TPSA) is 66.0 Å². The van der Waals surface area contributed by atoms with E-state index in [0.29, 0.717) is 0 Å². The van der Waals surface area contributed by atoms with Gasteiger partial charge in [0, 0.05) is 6.42 Å². The monoisotopic (exact) mass is 274 g/mol. The molecule has 1 heterocycles. The standard InChI is InChI=1S/C16H22N2O2/c19-16(20)14-8-17-15(18-14)2-1-13-11-4-9-3-10(6-11)7-12(13)5-9/h8-13H,1-7H2,(H,17,18)(H,19,20). The molecule has 0 atom stereocenters. The molecule has 2 N–H and O–H groups in total. The molecule has 4 aliphatic rings. The van der Waals surface area contributed by atoms with E-state index in [4.69, 9.17) is 5.11 Å². The Balaban J connectivity index is 1.40. The first-order valence-corrected chi connectivity index (χ1v) is 7.96. The number of aryl methyl sites for hydroxylation is 1. The lowest BCUT2D eigenvalue weighted by Crippen LogP contribution is -2.45. The van der Waals surface area contributed by atoms with Crippen LogP contribution in [0.15, 0.2) is 6.20 Å². The van der Waals surface area contributed by atoms with Crippen LogP contribution in [0.5, 0.6) is 0 Å². The third-order valence-electron chi connectivity index (χ3n) is 6.00. The van der Waals surface area contributed by atoms with Gasteiger partial charge in [-0.15, -0.1) is 0 Å². The van der Waals surface area contributed by atoms with E-state index in [-0.39, 0.29) is 5.69 Å². The Hall–Kier alpha value is -1.32. The minimum Gasteiger partial charge on any atom is -0.477 e. The Labute approximate surface area is 119 Å². The summed E-state index contributed by atoms with van der Waals surface area (Å²) in [5, 5.41) is 8.91. The van der Waals surface area contributed by atoms with Crippen LogP contribution in [0, 0.1) is 29.6 Å². The number of nitrogens with one attached hydrogen (secondary N) is 1. The van der Waals surface area contributed by atoms with Gasteiger partial charge in [-0.1, -0.05) is 0 Å². The summed E-state index contributed by atoms with van der Waals surface area (Å²) in [5.74, 6) is 4.73. The summed E-state index contributed by atoms with van der Waals surface area (Å²) in [6, 6.07) is 0. The molecule has 4 fully saturated rings. The third kappa shape index (κ3) is 2.05. The Kier molecular flexibility index (Phi) is 2.86. The first kappa shape index (κ1) is 12.4. The van der Waals surface area contributed by atoms with Crippen LogP contribution < -0.4 is 0 Å². The molecule has 0 saturated heterocycles. The molecule has 5 rings (SSSR count). The molecule has 0 amide bonds. The maximum absolute atomic E-state index is 10.8. The quantitative estimate of drug-likeness (QED) is 0.886. The number of hydrogen-bond acceptors (Lipinski definition) is 2. The Morgan fingerprint density at radius 1 is 1.20 bits per heavy atom. The highest BCUT2D eigenvalue weighted by molar-refractivity contribution is 5.84. The molecule has 4 aliphatic carbocycles. The van der Waals surface area contributed by atoms with Crippen LogP contribution in [0.25, 0.3) is 0 Å². The highest BCUT2D eigenvalue weighted by Gasteiger charge is 2.47. The number of nitrogens with zero attached hydrogens (tertiary/aromatic N) is 1. The van der Waals surface area contributed by atoms with E-state index in [0.717, 1.165) is 41.8 Å². The summed E-state index contributed by atoms with van der Waals surface area (Å²) in [7, 11) is 0. The van der Waals surface area contributed by atoms with E-state index in [1.54, 1.807) is 0 Å². The van der Waals surface area contributed by atoms with Crippen molar-refractivity contribution in [3.63, 3.8) is 0 Å². The van der Waals surface area contributed by atoms with Crippen LogP contribution in [0.4, 0.5) is 0 Å². The van der Waals surface area contributed by atoms with Crippen LogP contribution in [0.1, 0.15) is 54.8 Å². The second kappa shape index (κ2) is 4.61. The number of carboxylic acids is 1. The van der Waals surface area contributed by atoms with Gasteiger partial charge in [-0.2, -0.15) is 0 Å². The van der Waals surface area contributed by atoms with Crippen LogP contribution in [-0.4, -0.2) is 21.0 Å². The first-order chi connectivity index (χ1) is 9.69. The number of aromatic carboxylic acids is 1. The average Bonchev–Trinajstić information content (AvgIpc) is 2.86. The zero-order valence-electron chi connectivity index (χ0n) is 11.7. The van der Waals surface area contributed by atoms with Crippen molar-refractivity contribution in [1.29, 1.82) is 0 Å². The average molecular weight is 274 g/mol. The zero-order valence-corrected chi connectivity index (χ0v) is 11.7. The van der Waals surface area contributed by atoms with E-state index in [1.165, 1.54) is 44.7 Å². The molecule has 1 aromatic rings. The van der Waals surface area contributed by atoms with Crippen LogP contribution >= 0.6 is 0 Å². The van der Waals surface area contributed by atoms with Gasteiger partial charge in [0.25, 0.3) is 0 Å². The number of rotatable bonds is 4. The molecule has 108 valence electrons. The fourth-order valence-electron chi connectivity index (χ4n) is 5.41. The molecule has 0 aromatic carbocycles. The van der Waals surface area contributed by atoms with Gasteiger partial charge < -0.3 is 10.1 Å². The predicted octanol–water partition coefficient (Wildman–Crippen LogP) is 3.11. The first-order valence-electron chi connectivity index (χ1n) is 7.96. The second-order valence-corrected chi connectivity index (χ2v) is 7.18. The van der Waals surface area contributed by atoms with Crippen molar-refractivity contribution in [1.82, 2.24) is 9.97 Å². The number of imidazole rings is 1. The number of aromatic amines is 1. The van der Waals surface area contributed by atoms with Gasteiger partial charge in [-0.3, -0.25) is 0 Å². The number of hydrogen-bond donors (Lipinski definition) is 2. The van der Waals surface area contributed by atoms with Gasteiger partial charge >= 0.3 is 5.97 Å². The molecular weight excluding hydrogens is 252 g/mol. The third-order valence-corrected chi connectivity index (χ3v) is 6.00. The van der Waals surface area contributed by atoms with Crippen molar-refractivity contribution < 1.29 is 9.90 Å². The number of aromatic nitrogens is 2. The lowest BCUT2D eigenvalue weighted by Gasteiger charge is -2.54. The van der Waals surface area contributed by atoms with Crippen molar-refractivity contribution >= 4 is 5.97 Å². The van der Waals surface area contributed by atoms with Crippen molar-refractivity contribution in [2.24, 2.45) is 29.6 Å². The molecule has 1 aromatic heterocycles. The molecule has 4 saturated carbocycles. The molecule has 20 heavy (non-hydrogen) atoms. The Morgan fingerprint density at radius 3 is 2.40 bits per heavy atom. The van der Waals surface area contributed by atoms with Crippen molar-refractivity contribution in [2.45, 2.75) is 44.9 Å². The van der Waals surface area contributed by atoms with Gasteiger partial charge in [0.15, 0.2) is 0 Å². The van der Waals surface area contributed by atoms with Gasteiger partial charge in [0.05, 0.1) is 6.20 Å². The SMILES string of the molecule is O=C(O)c1cnc(CCC2C3CC4CC(C3)CC2C4)[nH]1. The van der Waals surface area contributed by atoms with E-state index in [9.17, 15) is 4.79 Å². The van der Waals surface area contributed by atoms with Crippen LogP contribution in [0.3, 0.4) is 0 Å². The molecular formula is C16H22N2O2. The zero-order chi connectivity index (χ0) is 13.7. The van der Waals surface area contributed by atoms with Gasteiger partial charge in [-0.05, 0) is 68.1 Å². The summed E-state index contributed by atoms with van der Waals surface area (Å²) in [6.45, 7) is 0. The van der Waals surface area contributed by atoms with Crippen LogP contribution in [0.2, 0.25) is 0 Å². The Bertz CT molecular complexity index is 494. The van der Waals surface area contributed by atoms with Gasteiger partial charge in [0.1, 0.15) is 11.5 Å². The Morgan fingerprint density at radius 2 is 1.85 bits per heavy atom. The fraction of sp³-hybridized carbons (Fsp3) is 0.750. The van der Waals surface area contributed by atoms with Gasteiger partial charge in [0.2, 0.25) is 0 Å². The fourth-order valence-corrected chi connectivity index (χ4v) is 5.41. The molecule has 0 spiro atoms. The molecule has 0 unspecified atom stereocenters. The molecule has 4 bridgehead atoms. The van der Waals surface area contributed by atoms with E-state index in [2.05, 4.69) is 9.97 Å². The summed E-state index contributed by atoms with van der Waals surface area (Å²) < 4.78 is 0. The highest BCUT2D eigenvalue weighted by atomic mass is 16.4. The van der Waals surface area contributed by atoms with E-state index in [1.807, 2.05) is 0 Å². The smallest absolute Gasteiger partial charge is 0.353 e. The lowest BCUT2D eigenvalue weighted by molar-refractivity contribution is -0.0395. The summed E-state index contributed by atoms with van der Waals surface area (Å²) in [5.41, 5.74) is 0.213. The summed E-state index contributed by atoms with van der Waals surface area (Å²) >= 11 is 0.